The van der Waals surface area contributed by atoms with Crippen LogP contribution in [0.15, 0.2) is 16.9 Å². The van der Waals surface area contributed by atoms with E-state index in [4.69, 9.17) is 49.8 Å². The van der Waals surface area contributed by atoms with Crippen molar-refractivity contribution in [3.8, 4) is 0 Å². The Balaban J connectivity index is -0.000000305. The maximum Gasteiger partial charge on any atom is 1.00 e. The number of cyclic esters (lactones) is 1. The van der Waals surface area contributed by atoms with Crippen LogP contribution in [0.25, 0.3) is 0 Å². The number of rotatable bonds is 2. The number of hydrogen-bond acceptors (Lipinski definition) is 10. The van der Waals surface area contributed by atoms with Crippen LogP contribution in [0.2, 0.25) is 0 Å². The van der Waals surface area contributed by atoms with Crippen molar-refractivity contribution >= 4 is 13.8 Å². The van der Waals surface area contributed by atoms with Crippen LogP contribution in [0.5, 0.6) is 0 Å². The van der Waals surface area contributed by atoms with E-state index in [2.05, 4.69) is 4.74 Å². The van der Waals surface area contributed by atoms with Crippen LogP contribution in [0.3, 0.4) is 0 Å². The Morgan fingerprint density at radius 2 is 1.67 bits per heavy atom. The molecule has 118 valence electrons. The molecule has 0 aromatic carbocycles. The third-order valence-electron chi connectivity index (χ3n) is 1.48. The zero-order valence-electron chi connectivity index (χ0n) is 10.4. The van der Waals surface area contributed by atoms with Crippen molar-refractivity contribution in [3.05, 3.63) is 21.6 Å². The van der Waals surface area contributed by atoms with Crippen molar-refractivity contribution in [2.45, 2.75) is 12.2 Å². The molecular weight excluding hydrogens is 332 g/mol. The average Bonchev–Trinajstić information content (AvgIpc) is 2.55. The molecule has 0 aromatic heterocycles. The molecule has 13 nitrogen and oxygen atoms in total. The summed E-state index contributed by atoms with van der Waals surface area (Å²) in [5.74, 6) is -2.78. The Kier molecular flexibility index (Phi) is 14.2. The Morgan fingerprint density at radius 3 is 1.86 bits per heavy atom. The van der Waals surface area contributed by atoms with Gasteiger partial charge in [-0.1, -0.05) is 0 Å². The summed E-state index contributed by atoms with van der Waals surface area (Å²) in [7, 11) is -4.64. The molecule has 0 radical (unpaired) electrons. The summed E-state index contributed by atoms with van der Waals surface area (Å²) < 4.78 is 13.2. The number of aliphatic hydroxyl groups excluding tert-OH is 4. The van der Waals surface area contributed by atoms with Gasteiger partial charge < -0.3 is 50.0 Å². The number of carbonyl (C=O) groups excluding carboxylic acids is 1. The monoisotopic (exact) mass is 343 g/mol. The van der Waals surface area contributed by atoms with Crippen molar-refractivity contribution < 1.29 is 78.8 Å². The van der Waals surface area contributed by atoms with E-state index in [1.165, 1.54) is 0 Å². The van der Waals surface area contributed by atoms with Crippen molar-refractivity contribution in [1.82, 2.24) is 0 Å². The first-order valence-corrected chi connectivity index (χ1v) is 5.91. The topological polar surface area (TPSA) is 237 Å². The Labute approximate surface area is 138 Å². The van der Waals surface area contributed by atoms with Crippen LogP contribution < -0.4 is 29.6 Å². The second-order valence-electron chi connectivity index (χ2n) is 2.90. The van der Waals surface area contributed by atoms with E-state index >= 15 is 0 Å². The molecule has 0 fully saturated rings. The predicted molar refractivity (Wildman–Crippen MR) is 58.7 cm³/mol. The van der Waals surface area contributed by atoms with Crippen LogP contribution >= 0.6 is 7.82 Å². The average molecular weight is 343 g/mol. The van der Waals surface area contributed by atoms with Crippen LogP contribution in [0.4, 0.5) is 0 Å². The minimum atomic E-state index is -4.64. The van der Waals surface area contributed by atoms with Gasteiger partial charge in [0, 0.05) is 0 Å². The molecule has 21 heavy (non-hydrogen) atoms. The minimum absolute atomic E-state index is 0. The van der Waals surface area contributed by atoms with Gasteiger partial charge in [-0.15, -0.1) is 5.34 Å². The summed E-state index contributed by atoms with van der Waals surface area (Å²) in [6.45, 7) is -0.671. The SMILES string of the molecule is O=C1O[C@H]([C@@H](O)CO)C(O)=C1O.O=N[O-].O=P(O)(O)O.[Na+]. The predicted octanol–water partition coefficient (Wildman–Crippen LogP) is -5.08. The summed E-state index contributed by atoms with van der Waals surface area (Å²) in [5, 5.41) is 44.0. The van der Waals surface area contributed by atoms with E-state index in [1.807, 2.05) is 0 Å². The Hall–Kier alpha value is -0.760. The summed E-state index contributed by atoms with van der Waals surface area (Å²) in [5.41, 5.74) is 0. The van der Waals surface area contributed by atoms with Crippen LogP contribution in [-0.4, -0.2) is 59.9 Å². The minimum Gasteiger partial charge on any atom is -0.505 e. The van der Waals surface area contributed by atoms with Gasteiger partial charge in [-0.3, -0.25) is 0 Å². The summed E-state index contributed by atoms with van der Waals surface area (Å²) in [6.07, 6.45) is -2.78. The Morgan fingerprint density at radius 1 is 1.33 bits per heavy atom. The molecule has 15 heteroatoms. The molecule has 7 N–H and O–H groups in total. The molecule has 0 amide bonds. The second kappa shape index (κ2) is 11.9. The standard InChI is InChI=1S/C6H8O6.HNO2.Na.H3O4P/c7-1-2(8)5-3(9)4(10)6(11)12-5;2-1-3;;1-5(2,3)4/h2,5,7-10H,1H2;(H,2,3);;(H3,1,2,3,4)/q;;+1;/p-1/t2-,5+;;;/m0.../s1. The van der Waals surface area contributed by atoms with Crippen molar-refractivity contribution in [2.75, 3.05) is 6.61 Å². The number of carbonyl (C=O) groups is 1. The van der Waals surface area contributed by atoms with E-state index in [0.717, 1.165) is 5.34 Å². The molecule has 0 unspecified atom stereocenters. The third-order valence-corrected chi connectivity index (χ3v) is 1.48. The molecule has 2 atom stereocenters. The smallest absolute Gasteiger partial charge is 0.505 e. The second-order valence-corrected chi connectivity index (χ2v) is 3.92. The first-order valence-electron chi connectivity index (χ1n) is 4.34. The summed E-state index contributed by atoms with van der Waals surface area (Å²) in [4.78, 5) is 40.1. The molecule has 0 aromatic rings. The molecule has 0 bridgehead atoms. The normalized spacial score (nSPS) is 18.1. The largest absolute Gasteiger partial charge is 1.00 e. The fourth-order valence-corrected chi connectivity index (χ4v) is 0.823. The van der Waals surface area contributed by atoms with Crippen LogP contribution in [0, 0.1) is 10.1 Å². The van der Waals surface area contributed by atoms with E-state index in [0.29, 0.717) is 0 Å². The van der Waals surface area contributed by atoms with E-state index in [-0.39, 0.29) is 29.6 Å². The zero-order valence-corrected chi connectivity index (χ0v) is 13.3. The molecule has 1 rings (SSSR count). The first kappa shape index (κ1) is 25.2. The van der Waals surface area contributed by atoms with Gasteiger partial charge >= 0.3 is 43.3 Å². The fourth-order valence-electron chi connectivity index (χ4n) is 0.823. The van der Waals surface area contributed by atoms with Gasteiger partial charge in [-0.25, -0.2) is 9.36 Å². The zero-order chi connectivity index (χ0) is 16.5. The molecule has 1 heterocycles. The number of phosphoric acid groups is 1. The molecule has 0 saturated carbocycles. The summed E-state index contributed by atoms with van der Waals surface area (Å²) >= 11 is 0. The van der Waals surface area contributed by atoms with E-state index in [1.54, 1.807) is 0 Å². The number of esters is 1. The van der Waals surface area contributed by atoms with Gasteiger partial charge in [0.15, 0.2) is 11.9 Å². The van der Waals surface area contributed by atoms with E-state index < -0.39 is 44.1 Å². The molecule has 1 aliphatic heterocycles. The maximum atomic E-state index is 10.5. The molecular formula is C6H11NNaO12P. The fraction of sp³-hybridized carbons (Fsp3) is 0.500. The van der Waals surface area contributed by atoms with Crippen LogP contribution in [0.1, 0.15) is 0 Å². The quantitative estimate of drug-likeness (QED) is 0.0819. The number of nitrogens with zero attached hydrogens (tertiary/aromatic N) is 1. The van der Waals surface area contributed by atoms with E-state index in [9.17, 15) is 4.79 Å². The van der Waals surface area contributed by atoms with Gasteiger partial charge in [-0.2, -0.15) is 0 Å². The van der Waals surface area contributed by atoms with Gasteiger partial charge in [0.1, 0.15) is 6.10 Å². The number of ether oxygens (including phenoxy) is 1. The maximum absolute atomic E-state index is 10.5. The first-order chi connectivity index (χ1) is 8.99. The Bertz CT molecular complexity index is 398. The third kappa shape index (κ3) is 12.7. The van der Waals surface area contributed by atoms with Crippen molar-refractivity contribution in [3.63, 3.8) is 0 Å². The van der Waals surface area contributed by atoms with Crippen molar-refractivity contribution in [1.29, 1.82) is 0 Å². The van der Waals surface area contributed by atoms with Gasteiger partial charge in [0.25, 0.3) is 0 Å². The summed E-state index contributed by atoms with van der Waals surface area (Å²) in [6, 6.07) is 0. The molecule has 0 saturated heterocycles. The number of hydrogen-bond donors (Lipinski definition) is 7. The van der Waals surface area contributed by atoms with Crippen molar-refractivity contribution in [2.24, 2.45) is 5.34 Å². The van der Waals surface area contributed by atoms with Crippen LogP contribution in [-0.2, 0) is 14.1 Å². The van der Waals surface area contributed by atoms with Gasteiger partial charge in [-0.05, 0) is 0 Å². The number of aliphatic hydroxyl groups is 4. The van der Waals surface area contributed by atoms with Gasteiger partial charge in [0.05, 0.1) is 6.61 Å². The molecule has 0 spiro atoms. The van der Waals surface area contributed by atoms with Gasteiger partial charge in [0.2, 0.25) is 5.76 Å². The molecule has 1 aliphatic rings. The molecule has 0 aliphatic carbocycles.